The van der Waals surface area contributed by atoms with Gasteiger partial charge in [-0.1, -0.05) is 0 Å². The molecular formula is C4H8AlNO4. The van der Waals surface area contributed by atoms with Gasteiger partial charge >= 0.3 is 5.97 Å². The summed E-state index contributed by atoms with van der Waals surface area (Å²) in [7, 11) is 0. The fourth-order valence-electron chi connectivity index (χ4n) is 0.570. The average Bonchev–Trinajstić information content (AvgIpc) is 1.81. The molecule has 0 saturated heterocycles. The Bertz CT molecular complexity index is 148. The van der Waals surface area contributed by atoms with Crippen LogP contribution in [-0.4, -0.2) is 38.3 Å². The quantitative estimate of drug-likeness (QED) is 0.331. The van der Waals surface area contributed by atoms with Gasteiger partial charge in [0.05, 0.1) is 0 Å². The Hall–Kier alpha value is -0.598. The first-order valence-electron chi connectivity index (χ1n) is 2.93. The number of nitrogens with zero attached hydrogens (tertiary/aromatic N) is 1. The first-order valence-corrected chi connectivity index (χ1v) is 4.34. The van der Waals surface area contributed by atoms with Gasteiger partial charge in [0, 0.05) is 4.92 Å². The lowest BCUT2D eigenvalue weighted by molar-refractivity contribution is -0.516. The van der Waals surface area contributed by atoms with Crippen molar-refractivity contribution in [2.24, 2.45) is 0 Å². The molecule has 0 aliphatic carbocycles. The van der Waals surface area contributed by atoms with Crippen molar-refractivity contribution in [2.45, 2.75) is 17.7 Å². The summed E-state index contributed by atoms with van der Waals surface area (Å²) in [5.41, 5.74) is 0. The normalized spacial score (nSPS) is 12.4. The highest BCUT2D eigenvalue weighted by Gasteiger charge is 2.20. The predicted octanol–water partition coefficient (Wildman–Crippen LogP) is -0.842. The third-order valence-corrected chi connectivity index (χ3v) is 2.12. The van der Waals surface area contributed by atoms with Crippen molar-refractivity contribution in [3.8, 4) is 0 Å². The number of nitro groups is 1. The van der Waals surface area contributed by atoms with Crippen LogP contribution >= 0.6 is 0 Å². The van der Waals surface area contributed by atoms with E-state index in [4.69, 9.17) is 5.11 Å². The highest BCUT2D eigenvalue weighted by molar-refractivity contribution is 6.09. The van der Waals surface area contributed by atoms with Crippen molar-refractivity contribution < 1.29 is 14.8 Å². The summed E-state index contributed by atoms with van der Waals surface area (Å²) < 4.78 is 0. The minimum absolute atomic E-state index is 0.351. The second-order valence-corrected chi connectivity index (χ2v) is 2.76. The Morgan fingerprint density at radius 3 is 2.40 bits per heavy atom. The van der Waals surface area contributed by atoms with Gasteiger partial charge in [-0.15, -0.1) is 0 Å². The predicted molar refractivity (Wildman–Crippen MR) is 36.4 cm³/mol. The van der Waals surface area contributed by atoms with Crippen LogP contribution in [-0.2, 0) is 4.79 Å². The number of hydrogen-bond donors (Lipinski definition) is 1. The van der Waals surface area contributed by atoms with Gasteiger partial charge in [-0.05, 0) is 5.28 Å². The van der Waals surface area contributed by atoms with Crippen LogP contribution in [0.3, 0.4) is 0 Å². The number of carboxylic acids is 1. The first-order chi connectivity index (χ1) is 4.57. The molecule has 0 aromatic rings. The van der Waals surface area contributed by atoms with Gasteiger partial charge in [0.2, 0.25) is 22.3 Å². The maximum absolute atomic E-state index is 10.0. The second kappa shape index (κ2) is 4.25. The van der Waals surface area contributed by atoms with Gasteiger partial charge < -0.3 is 5.11 Å². The summed E-state index contributed by atoms with van der Waals surface area (Å²) in [5.74, 6) is -1.10. The van der Waals surface area contributed by atoms with Crippen LogP contribution in [0.2, 0.25) is 5.28 Å². The zero-order valence-electron chi connectivity index (χ0n) is 5.61. The Kier molecular flexibility index (Phi) is 4.00. The van der Waals surface area contributed by atoms with Crippen LogP contribution in [0.15, 0.2) is 0 Å². The molecule has 0 bridgehead atoms. The molecule has 0 aromatic heterocycles. The van der Waals surface area contributed by atoms with E-state index in [1.165, 1.54) is 0 Å². The number of aliphatic carboxylic acids is 1. The van der Waals surface area contributed by atoms with Crippen LogP contribution in [0.25, 0.3) is 0 Å². The number of hydrogen-bond acceptors (Lipinski definition) is 3. The smallest absolute Gasteiger partial charge is 0.310 e. The molecule has 1 unspecified atom stereocenters. The lowest BCUT2D eigenvalue weighted by Gasteiger charge is -2.01. The van der Waals surface area contributed by atoms with E-state index in [0.717, 1.165) is 0 Å². The minimum atomic E-state index is -1.10. The molecule has 10 heavy (non-hydrogen) atoms. The number of carboxylic acid groups (broad SMARTS) is 1. The lowest BCUT2D eigenvalue weighted by atomic mass is 10.2. The van der Waals surface area contributed by atoms with Crippen molar-refractivity contribution in [2.75, 3.05) is 0 Å². The van der Waals surface area contributed by atoms with E-state index in [2.05, 4.69) is 0 Å². The summed E-state index contributed by atoms with van der Waals surface area (Å²) in [4.78, 5) is 19.5. The molecule has 1 atom stereocenters. The maximum atomic E-state index is 10.0. The lowest BCUT2D eigenvalue weighted by Crippen LogP contribution is -2.22. The summed E-state index contributed by atoms with van der Waals surface area (Å²) >= 11 is 0.671. The Labute approximate surface area is 65.6 Å². The van der Waals surface area contributed by atoms with E-state index in [-0.39, 0.29) is 6.42 Å². The van der Waals surface area contributed by atoms with Crippen LogP contribution in [0.1, 0.15) is 6.42 Å². The van der Waals surface area contributed by atoms with Crippen molar-refractivity contribution >= 4 is 22.3 Å². The van der Waals surface area contributed by atoms with Crippen LogP contribution in [0, 0.1) is 10.1 Å². The fraction of sp³-hybridized carbons (Fsp3) is 0.750. The zero-order chi connectivity index (χ0) is 8.15. The largest absolute Gasteiger partial charge is 0.481 e. The van der Waals surface area contributed by atoms with E-state index in [9.17, 15) is 14.9 Å². The molecule has 0 saturated carbocycles. The zero-order valence-corrected chi connectivity index (χ0v) is 7.61. The molecule has 0 spiro atoms. The molecule has 0 aromatic carbocycles. The number of carbonyl (C=O) groups is 1. The van der Waals surface area contributed by atoms with Crippen LogP contribution < -0.4 is 0 Å². The molecule has 0 aliphatic rings. The number of rotatable bonds is 4. The van der Waals surface area contributed by atoms with Crippen LogP contribution in [0.4, 0.5) is 0 Å². The molecule has 0 rings (SSSR count). The van der Waals surface area contributed by atoms with E-state index in [1.54, 1.807) is 0 Å². The van der Waals surface area contributed by atoms with E-state index >= 15 is 0 Å². The molecule has 0 radical (unpaired) electrons. The van der Waals surface area contributed by atoms with Gasteiger partial charge in [-0.2, -0.15) is 0 Å². The molecule has 56 valence electrons. The van der Waals surface area contributed by atoms with Crippen molar-refractivity contribution in [3.63, 3.8) is 0 Å². The second-order valence-electron chi connectivity index (χ2n) is 1.95. The van der Waals surface area contributed by atoms with Crippen molar-refractivity contribution in [1.82, 2.24) is 0 Å². The molecule has 5 nitrogen and oxygen atoms in total. The average molecular weight is 161 g/mol. The highest BCUT2D eigenvalue weighted by Crippen LogP contribution is 2.00. The van der Waals surface area contributed by atoms with Crippen molar-refractivity contribution in [1.29, 1.82) is 0 Å². The molecule has 6 heteroatoms. The molecule has 0 amide bonds. The molecule has 0 fully saturated rings. The Morgan fingerprint density at radius 1 is 1.80 bits per heavy atom. The minimum Gasteiger partial charge on any atom is -0.481 e. The first kappa shape index (κ1) is 9.40. The summed E-state index contributed by atoms with van der Waals surface area (Å²) in [6.45, 7) is 0. The van der Waals surface area contributed by atoms with Gasteiger partial charge in [-0.25, -0.2) is 0 Å². The van der Waals surface area contributed by atoms with E-state index in [1.807, 2.05) is 0 Å². The van der Waals surface area contributed by atoms with Gasteiger partial charge in [-0.3, -0.25) is 14.9 Å². The van der Waals surface area contributed by atoms with E-state index < -0.39 is 16.9 Å². The standard InChI is InChI=1S/C4H6NO4.Al.2H/c1-3(5(8)9)2-4(6)7;;;/h3H,1-2H2,(H,6,7);;;. The van der Waals surface area contributed by atoms with E-state index in [0.29, 0.717) is 21.6 Å². The summed E-state index contributed by atoms with van der Waals surface area (Å²) in [5, 5.41) is 18.6. The molecule has 0 aliphatic heterocycles. The third-order valence-electron chi connectivity index (χ3n) is 1.18. The Balaban J connectivity index is 3.83. The topological polar surface area (TPSA) is 80.4 Å². The molecule has 1 N–H and O–H groups in total. The summed E-state index contributed by atoms with van der Waals surface area (Å²) in [6, 6.07) is -0.871. The molecular weight excluding hydrogens is 153 g/mol. The Morgan fingerprint density at radius 2 is 2.30 bits per heavy atom. The highest BCUT2D eigenvalue weighted by atomic mass is 27.0. The third kappa shape index (κ3) is 3.43. The SMILES string of the molecule is O=C(O)CC([CH2][AlH2])[N+](=O)[O-]. The maximum Gasteiger partial charge on any atom is 0.310 e. The fourth-order valence-corrected chi connectivity index (χ4v) is 1.16. The van der Waals surface area contributed by atoms with Gasteiger partial charge in [0.25, 0.3) is 0 Å². The van der Waals surface area contributed by atoms with Crippen LogP contribution in [0.5, 0.6) is 0 Å². The van der Waals surface area contributed by atoms with Crippen molar-refractivity contribution in [3.05, 3.63) is 10.1 Å². The summed E-state index contributed by atoms with van der Waals surface area (Å²) in [6.07, 6.45) is -0.351. The molecule has 0 heterocycles. The monoisotopic (exact) mass is 161 g/mol. The van der Waals surface area contributed by atoms with Gasteiger partial charge in [0.15, 0.2) is 0 Å². The van der Waals surface area contributed by atoms with Gasteiger partial charge in [0.1, 0.15) is 6.42 Å².